The second kappa shape index (κ2) is 6.08. The van der Waals surface area contributed by atoms with Crippen molar-refractivity contribution >= 4 is 5.91 Å². The Morgan fingerprint density at radius 2 is 2.04 bits per heavy atom. The summed E-state index contributed by atoms with van der Waals surface area (Å²) in [4.78, 5) is 16.6. The van der Waals surface area contributed by atoms with E-state index in [1.165, 1.54) is 12.1 Å². The zero-order chi connectivity index (χ0) is 17.3. The van der Waals surface area contributed by atoms with Crippen molar-refractivity contribution in [2.24, 2.45) is 0 Å². The Hall–Kier alpha value is -3.09. The van der Waals surface area contributed by atoms with E-state index in [1.54, 1.807) is 35.4 Å². The normalized spacial score (nSPS) is 14.9. The van der Waals surface area contributed by atoms with Gasteiger partial charge in [0, 0.05) is 6.20 Å². The number of amides is 1. The monoisotopic (exact) mass is 337 g/mol. The highest BCUT2D eigenvalue weighted by Crippen LogP contribution is 2.48. The maximum absolute atomic E-state index is 13.1. The summed E-state index contributed by atoms with van der Waals surface area (Å²) in [6.07, 6.45) is 6.67. The van der Waals surface area contributed by atoms with Gasteiger partial charge in [0.2, 0.25) is 5.91 Å². The molecule has 0 saturated heterocycles. The summed E-state index contributed by atoms with van der Waals surface area (Å²) < 4.78 is 14.7. The van der Waals surface area contributed by atoms with Crippen LogP contribution in [0.15, 0.2) is 55.0 Å². The molecule has 25 heavy (non-hydrogen) atoms. The van der Waals surface area contributed by atoms with Gasteiger partial charge in [0.15, 0.2) is 0 Å². The SMILES string of the molecule is O=C(NCc1cn(-c2cccnc2)nn1)C1(c2ccc(F)cc2)CC1. The van der Waals surface area contributed by atoms with Crippen molar-refractivity contribution in [1.29, 1.82) is 0 Å². The Morgan fingerprint density at radius 1 is 1.24 bits per heavy atom. The molecular weight excluding hydrogens is 321 g/mol. The molecule has 6 nitrogen and oxygen atoms in total. The van der Waals surface area contributed by atoms with E-state index in [0.29, 0.717) is 12.2 Å². The molecular formula is C18H16FN5O. The van der Waals surface area contributed by atoms with Crippen LogP contribution in [0.3, 0.4) is 0 Å². The molecule has 0 radical (unpaired) electrons. The number of pyridine rings is 1. The zero-order valence-electron chi connectivity index (χ0n) is 13.4. The second-order valence-corrected chi connectivity index (χ2v) is 6.14. The Labute approximate surface area is 143 Å². The molecule has 1 aliphatic carbocycles. The van der Waals surface area contributed by atoms with Gasteiger partial charge >= 0.3 is 0 Å². The van der Waals surface area contributed by atoms with Gasteiger partial charge in [0.1, 0.15) is 11.5 Å². The van der Waals surface area contributed by atoms with Crippen molar-refractivity contribution < 1.29 is 9.18 Å². The summed E-state index contributed by atoms with van der Waals surface area (Å²) in [6, 6.07) is 9.83. The van der Waals surface area contributed by atoms with Crippen LogP contribution in [-0.4, -0.2) is 25.9 Å². The zero-order valence-corrected chi connectivity index (χ0v) is 13.4. The minimum Gasteiger partial charge on any atom is -0.350 e. The van der Waals surface area contributed by atoms with Crippen molar-refractivity contribution in [2.75, 3.05) is 0 Å². The van der Waals surface area contributed by atoms with Gasteiger partial charge in [0.25, 0.3) is 0 Å². The molecule has 0 bridgehead atoms. The molecule has 1 amide bonds. The molecule has 2 aromatic heterocycles. The van der Waals surface area contributed by atoms with Gasteiger partial charge in [-0.3, -0.25) is 9.78 Å². The van der Waals surface area contributed by atoms with Gasteiger partial charge < -0.3 is 5.32 Å². The van der Waals surface area contributed by atoms with Crippen LogP contribution < -0.4 is 5.32 Å². The molecule has 2 heterocycles. The molecule has 0 unspecified atom stereocenters. The molecule has 1 aromatic carbocycles. The number of carbonyl (C=O) groups excluding carboxylic acids is 1. The van der Waals surface area contributed by atoms with Crippen LogP contribution in [0.2, 0.25) is 0 Å². The highest BCUT2D eigenvalue weighted by molar-refractivity contribution is 5.91. The van der Waals surface area contributed by atoms with Crippen LogP contribution in [0.5, 0.6) is 0 Å². The number of hydrogen-bond acceptors (Lipinski definition) is 4. The average molecular weight is 337 g/mol. The van der Waals surface area contributed by atoms with E-state index in [-0.39, 0.29) is 11.7 Å². The highest BCUT2D eigenvalue weighted by Gasteiger charge is 2.51. The van der Waals surface area contributed by atoms with E-state index < -0.39 is 5.41 Å². The Bertz CT molecular complexity index is 887. The molecule has 3 aromatic rings. The second-order valence-electron chi connectivity index (χ2n) is 6.14. The fraction of sp³-hybridized carbons (Fsp3) is 0.222. The molecule has 1 fully saturated rings. The van der Waals surface area contributed by atoms with Crippen LogP contribution in [0, 0.1) is 5.82 Å². The molecule has 1 aliphatic rings. The van der Waals surface area contributed by atoms with Crippen LogP contribution in [0.25, 0.3) is 5.69 Å². The van der Waals surface area contributed by atoms with E-state index in [4.69, 9.17) is 0 Å². The van der Waals surface area contributed by atoms with Gasteiger partial charge in [-0.05, 0) is 42.7 Å². The number of benzene rings is 1. The van der Waals surface area contributed by atoms with Gasteiger partial charge in [0.05, 0.1) is 30.0 Å². The molecule has 0 atom stereocenters. The average Bonchev–Trinajstić information content (AvgIpc) is 3.32. The topological polar surface area (TPSA) is 72.7 Å². The van der Waals surface area contributed by atoms with Crippen LogP contribution >= 0.6 is 0 Å². The number of halogens is 1. The first kappa shape index (κ1) is 15.4. The van der Waals surface area contributed by atoms with Gasteiger partial charge in [-0.1, -0.05) is 17.3 Å². The Kier molecular flexibility index (Phi) is 3.76. The molecule has 4 rings (SSSR count). The third kappa shape index (κ3) is 3.00. The Morgan fingerprint density at radius 3 is 2.72 bits per heavy atom. The van der Waals surface area contributed by atoms with E-state index in [9.17, 15) is 9.18 Å². The number of carbonyl (C=O) groups is 1. The first-order valence-corrected chi connectivity index (χ1v) is 8.03. The summed E-state index contributed by atoms with van der Waals surface area (Å²) in [5, 5.41) is 11.0. The van der Waals surface area contributed by atoms with Gasteiger partial charge in [-0.25, -0.2) is 9.07 Å². The maximum Gasteiger partial charge on any atom is 0.230 e. The first-order chi connectivity index (χ1) is 12.2. The number of nitrogens with zero attached hydrogens (tertiary/aromatic N) is 4. The lowest BCUT2D eigenvalue weighted by molar-refractivity contribution is -0.123. The predicted molar refractivity (Wildman–Crippen MR) is 88.3 cm³/mol. The van der Waals surface area contributed by atoms with Gasteiger partial charge in [-0.15, -0.1) is 5.10 Å². The smallest absolute Gasteiger partial charge is 0.230 e. The summed E-state index contributed by atoms with van der Waals surface area (Å²) in [7, 11) is 0. The van der Waals surface area contributed by atoms with E-state index in [0.717, 1.165) is 24.1 Å². The highest BCUT2D eigenvalue weighted by atomic mass is 19.1. The van der Waals surface area contributed by atoms with Crippen molar-refractivity contribution in [3.8, 4) is 5.69 Å². The van der Waals surface area contributed by atoms with Crippen molar-refractivity contribution in [3.63, 3.8) is 0 Å². The van der Waals surface area contributed by atoms with Gasteiger partial charge in [-0.2, -0.15) is 0 Å². The largest absolute Gasteiger partial charge is 0.350 e. The third-order valence-corrected chi connectivity index (χ3v) is 4.46. The predicted octanol–water partition coefficient (Wildman–Crippen LogP) is 2.15. The number of aromatic nitrogens is 4. The Balaban J connectivity index is 1.43. The van der Waals surface area contributed by atoms with E-state index in [2.05, 4.69) is 20.6 Å². The lowest BCUT2D eigenvalue weighted by Crippen LogP contribution is -2.34. The summed E-state index contributed by atoms with van der Waals surface area (Å²) >= 11 is 0. The third-order valence-electron chi connectivity index (χ3n) is 4.46. The first-order valence-electron chi connectivity index (χ1n) is 8.03. The lowest BCUT2D eigenvalue weighted by Gasteiger charge is -2.15. The quantitative estimate of drug-likeness (QED) is 0.774. The molecule has 7 heteroatoms. The van der Waals surface area contributed by atoms with Crippen molar-refractivity contribution in [2.45, 2.75) is 24.8 Å². The molecule has 126 valence electrons. The number of hydrogen-bond donors (Lipinski definition) is 1. The van der Waals surface area contributed by atoms with Crippen LogP contribution in [0.4, 0.5) is 4.39 Å². The van der Waals surface area contributed by atoms with Crippen molar-refractivity contribution in [1.82, 2.24) is 25.3 Å². The minimum atomic E-state index is -0.535. The molecule has 1 saturated carbocycles. The fourth-order valence-electron chi connectivity index (χ4n) is 2.88. The lowest BCUT2D eigenvalue weighted by atomic mass is 9.95. The minimum absolute atomic E-state index is 0.0602. The maximum atomic E-state index is 13.1. The van der Waals surface area contributed by atoms with E-state index >= 15 is 0 Å². The van der Waals surface area contributed by atoms with Crippen LogP contribution in [0.1, 0.15) is 24.1 Å². The van der Waals surface area contributed by atoms with E-state index in [1.807, 2.05) is 12.1 Å². The summed E-state index contributed by atoms with van der Waals surface area (Å²) in [5.41, 5.74) is 1.78. The molecule has 0 spiro atoms. The standard InChI is InChI=1S/C18H16FN5O/c19-14-5-3-13(4-6-14)18(7-8-18)17(25)21-10-15-12-24(23-22-15)16-2-1-9-20-11-16/h1-6,9,11-12H,7-8,10H2,(H,21,25). The summed E-state index contributed by atoms with van der Waals surface area (Å²) in [5.74, 6) is -0.359. The summed E-state index contributed by atoms with van der Waals surface area (Å²) in [6.45, 7) is 0.294. The van der Waals surface area contributed by atoms with Crippen molar-refractivity contribution in [3.05, 3.63) is 72.1 Å². The van der Waals surface area contributed by atoms with Crippen LogP contribution in [-0.2, 0) is 16.8 Å². The number of rotatable bonds is 5. The number of nitrogens with one attached hydrogen (secondary N) is 1. The molecule has 0 aliphatic heterocycles. The fourth-order valence-corrected chi connectivity index (χ4v) is 2.88. The molecule has 1 N–H and O–H groups in total.